The van der Waals surface area contributed by atoms with E-state index in [2.05, 4.69) is 20.0 Å². The summed E-state index contributed by atoms with van der Waals surface area (Å²) >= 11 is 0. The first kappa shape index (κ1) is 17.6. The number of aromatic nitrogens is 2. The van der Waals surface area contributed by atoms with Crippen LogP contribution in [0.2, 0.25) is 0 Å². The smallest absolute Gasteiger partial charge is 0.264 e. The number of sulfonamides is 1. The van der Waals surface area contributed by atoms with Crippen molar-refractivity contribution in [2.45, 2.75) is 18.4 Å². The number of hydrogen-bond donors (Lipinski definition) is 2. The van der Waals surface area contributed by atoms with Crippen molar-refractivity contribution in [2.75, 3.05) is 4.72 Å². The van der Waals surface area contributed by atoms with Gasteiger partial charge in [0, 0.05) is 12.4 Å². The van der Waals surface area contributed by atoms with Gasteiger partial charge < -0.3 is 9.73 Å². The zero-order chi connectivity index (χ0) is 18.6. The molecule has 2 N–H and O–H groups in total. The van der Waals surface area contributed by atoms with E-state index in [-0.39, 0.29) is 23.0 Å². The zero-order valence-corrected chi connectivity index (χ0v) is 14.7. The summed E-state index contributed by atoms with van der Waals surface area (Å²) in [6.07, 6.45) is 4.01. The first-order valence-electron chi connectivity index (χ1n) is 7.66. The summed E-state index contributed by atoms with van der Waals surface area (Å²) in [6, 6.07) is 9.84. The Labute approximate surface area is 150 Å². The lowest BCUT2D eigenvalue weighted by Gasteiger charge is -2.07. The van der Waals surface area contributed by atoms with Crippen LogP contribution in [0.4, 0.5) is 5.95 Å². The Balaban J connectivity index is 1.65. The SMILES string of the molecule is Cc1ccc(S(=O)(=O)Nc2ncc(C(=O)NCc3ccco3)cn2)cc1. The predicted molar refractivity (Wildman–Crippen MR) is 93.9 cm³/mol. The fourth-order valence-electron chi connectivity index (χ4n) is 2.08. The van der Waals surface area contributed by atoms with Crippen LogP contribution in [0.1, 0.15) is 21.7 Å². The third-order valence-corrected chi connectivity index (χ3v) is 4.82. The van der Waals surface area contributed by atoms with Crippen LogP contribution >= 0.6 is 0 Å². The molecule has 0 spiro atoms. The van der Waals surface area contributed by atoms with Crippen molar-refractivity contribution in [2.24, 2.45) is 0 Å². The second-order valence-corrected chi connectivity index (χ2v) is 7.16. The zero-order valence-electron chi connectivity index (χ0n) is 13.8. The minimum atomic E-state index is -3.79. The molecule has 1 amide bonds. The standard InChI is InChI=1S/C17H16N4O4S/c1-12-4-6-15(7-5-12)26(23,24)21-17-19-9-13(10-20-17)16(22)18-11-14-3-2-8-25-14/h2-10H,11H2,1H3,(H,18,22)(H,19,20,21). The van der Waals surface area contributed by atoms with Crippen molar-refractivity contribution in [3.63, 3.8) is 0 Å². The van der Waals surface area contributed by atoms with Gasteiger partial charge >= 0.3 is 0 Å². The summed E-state index contributed by atoms with van der Waals surface area (Å²) in [5.74, 6) is 0.101. The Morgan fingerprint density at radius 3 is 2.42 bits per heavy atom. The molecule has 0 fully saturated rings. The molecule has 0 saturated carbocycles. The molecule has 134 valence electrons. The Morgan fingerprint density at radius 1 is 1.12 bits per heavy atom. The van der Waals surface area contributed by atoms with E-state index < -0.39 is 15.9 Å². The van der Waals surface area contributed by atoms with Crippen molar-refractivity contribution < 1.29 is 17.6 Å². The number of anilines is 1. The number of carbonyl (C=O) groups excluding carboxylic acids is 1. The summed E-state index contributed by atoms with van der Waals surface area (Å²) in [4.78, 5) is 19.9. The second kappa shape index (κ2) is 7.36. The molecule has 9 heteroatoms. The second-order valence-electron chi connectivity index (χ2n) is 5.48. The molecule has 0 aliphatic heterocycles. The van der Waals surface area contributed by atoms with Gasteiger partial charge in [-0.2, -0.15) is 0 Å². The van der Waals surface area contributed by atoms with Gasteiger partial charge in [0.25, 0.3) is 15.9 Å². The Morgan fingerprint density at radius 2 is 1.81 bits per heavy atom. The molecule has 0 unspecified atom stereocenters. The van der Waals surface area contributed by atoms with E-state index in [9.17, 15) is 13.2 Å². The molecule has 0 aliphatic rings. The Kier molecular flexibility index (Phi) is 4.99. The van der Waals surface area contributed by atoms with Gasteiger partial charge in [-0.25, -0.2) is 23.1 Å². The minimum absolute atomic E-state index is 0.104. The molecule has 0 bridgehead atoms. The van der Waals surface area contributed by atoms with Crippen LogP contribution in [-0.4, -0.2) is 24.3 Å². The van der Waals surface area contributed by atoms with E-state index in [1.807, 2.05) is 6.92 Å². The molecule has 3 rings (SSSR count). The molecule has 0 saturated heterocycles. The number of nitrogens with one attached hydrogen (secondary N) is 2. The topological polar surface area (TPSA) is 114 Å². The average molecular weight is 372 g/mol. The molecule has 1 aromatic carbocycles. The molecule has 2 aromatic heterocycles. The van der Waals surface area contributed by atoms with E-state index in [4.69, 9.17) is 4.42 Å². The summed E-state index contributed by atoms with van der Waals surface area (Å²) in [6.45, 7) is 2.09. The summed E-state index contributed by atoms with van der Waals surface area (Å²) in [7, 11) is -3.79. The van der Waals surface area contributed by atoms with Crippen LogP contribution in [0.25, 0.3) is 0 Å². The van der Waals surface area contributed by atoms with Crippen LogP contribution in [0, 0.1) is 6.92 Å². The van der Waals surface area contributed by atoms with E-state index in [1.54, 1.807) is 24.3 Å². The lowest BCUT2D eigenvalue weighted by Crippen LogP contribution is -2.23. The van der Waals surface area contributed by atoms with Crippen molar-refractivity contribution in [3.05, 3.63) is 71.9 Å². The van der Waals surface area contributed by atoms with Crippen molar-refractivity contribution in [1.29, 1.82) is 0 Å². The predicted octanol–water partition coefficient (Wildman–Crippen LogP) is 2.11. The third-order valence-electron chi connectivity index (χ3n) is 3.47. The van der Waals surface area contributed by atoms with Gasteiger partial charge in [0.15, 0.2) is 0 Å². The number of hydrogen-bond acceptors (Lipinski definition) is 6. The van der Waals surface area contributed by atoms with E-state index in [0.717, 1.165) is 5.56 Å². The average Bonchev–Trinajstić information content (AvgIpc) is 3.14. The fourth-order valence-corrected chi connectivity index (χ4v) is 3.04. The first-order valence-corrected chi connectivity index (χ1v) is 9.14. The highest BCUT2D eigenvalue weighted by molar-refractivity contribution is 7.92. The van der Waals surface area contributed by atoms with E-state index in [1.165, 1.54) is 30.8 Å². The lowest BCUT2D eigenvalue weighted by molar-refractivity contribution is 0.0947. The highest BCUT2D eigenvalue weighted by Crippen LogP contribution is 2.13. The summed E-state index contributed by atoms with van der Waals surface area (Å²) in [5, 5.41) is 2.65. The normalized spacial score (nSPS) is 11.1. The van der Waals surface area contributed by atoms with Gasteiger partial charge in [-0.05, 0) is 31.2 Å². The van der Waals surface area contributed by atoms with E-state index >= 15 is 0 Å². The first-order chi connectivity index (χ1) is 12.4. The van der Waals surface area contributed by atoms with Gasteiger partial charge in [0.1, 0.15) is 5.76 Å². The summed E-state index contributed by atoms with van der Waals surface area (Å²) < 4.78 is 32.0. The maximum absolute atomic E-state index is 12.3. The number of aryl methyl sites for hydroxylation is 1. The highest BCUT2D eigenvalue weighted by Gasteiger charge is 2.16. The van der Waals surface area contributed by atoms with Gasteiger partial charge in [0.2, 0.25) is 5.95 Å². The molecule has 0 atom stereocenters. The molecule has 0 radical (unpaired) electrons. The van der Waals surface area contributed by atoms with Gasteiger partial charge in [0.05, 0.1) is 23.3 Å². The Bertz CT molecular complexity index is 982. The maximum atomic E-state index is 12.3. The molecule has 2 heterocycles. The van der Waals surface area contributed by atoms with Crippen molar-refractivity contribution in [1.82, 2.24) is 15.3 Å². The number of benzene rings is 1. The minimum Gasteiger partial charge on any atom is -0.467 e. The van der Waals surface area contributed by atoms with Crippen LogP contribution in [-0.2, 0) is 16.6 Å². The quantitative estimate of drug-likeness (QED) is 0.685. The maximum Gasteiger partial charge on any atom is 0.264 e. The number of furan rings is 1. The number of carbonyl (C=O) groups is 1. The van der Waals surface area contributed by atoms with Crippen LogP contribution in [0.15, 0.2) is 64.4 Å². The monoisotopic (exact) mass is 372 g/mol. The highest BCUT2D eigenvalue weighted by atomic mass is 32.2. The lowest BCUT2D eigenvalue weighted by atomic mass is 10.2. The number of amides is 1. The third kappa shape index (κ3) is 4.25. The molecule has 0 aliphatic carbocycles. The Hall–Kier alpha value is -3.20. The molecular formula is C17H16N4O4S. The molecule has 8 nitrogen and oxygen atoms in total. The molecular weight excluding hydrogens is 356 g/mol. The summed E-state index contributed by atoms with van der Waals surface area (Å²) in [5.41, 5.74) is 1.15. The van der Waals surface area contributed by atoms with Crippen molar-refractivity contribution >= 4 is 21.9 Å². The van der Waals surface area contributed by atoms with Crippen LogP contribution in [0.5, 0.6) is 0 Å². The molecule has 3 aromatic rings. The van der Waals surface area contributed by atoms with Crippen LogP contribution < -0.4 is 10.0 Å². The largest absolute Gasteiger partial charge is 0.467 e. The van der Waals surface area contributed by atoms with Crippen LogP contribution in [0.3, 0.4) is 0 Å². The van der Waals surface area contributed by atoms with E-state index in [0.29, 0.717) is 5.76 Å². The number of nitrogens with zero attached hydrogens (tertiary/aromatic N) is 2. The van der Waals surface area contributed by atoms with Gasteiger partial charge in [-0.3, -0.25) is 4.79 Å². The van der Waals surface area contributed by atoms with Gasteiger partial charge in [-0.1, -0.05) is 17.7 Å². The molecule has 26 heavy (non-hydrogen) atoms. The van der Waals surface area contributed by atoms with Gasteiger partial charge in [-0.15, -0.1) is 0 Å². The fraction of sp³-hybridized carbons (Fsp3) is 0.118. The van der Waals surface area contributed by atoms with Crippen molar-refractivity contribution in [3.8, 4) is 0 Å². The number of rotatable bonds is 6.